The van der Waals surface area contributed by atoms with E-state index in [4.69, 9.17) is 8.83 Å². The van der Waals surface area contributed by atoms with Crippen LogP contribution in [0.1, 0.15) is 22.3 Å². The van der Waals surface area contributed by atoms with Crippen LogP contribution in [-0.2, 0) is 5.41 Å². The lowest BCUT2D eigenvalue weighted by atomic mass is 9.70. The molecule has 3 aromatic heterocycles. The van der Waals surface area contributed by atoms with E-state index in [9.17, 15) is 0 Å². The van der Waals surface area contributed by atoms with Crippen LogP contribution in [0.3, 0.4) is 0 Å². The van der Waals surface area contributed by atoms with Crippen LogP contribution in [0.25, 0.3) is 75.5 Å². The standard InChI is InChI=1S/C63H38N2O2S/c1-3-17-39(18-4-1)64(54-28-15-25-46-44-22-8-12-30-56(44)66-60(46)54)41-33-35-52-49(37-41)43-21-7-11-27-51(43)63(52)53-36-34-42(38-50(53)62-59(63)48-24-10-14-32-58(48)68-62)65(40-19-5-2-6-20-40)55-29-16-26-47-45-23-9-13-31-57(45)67-61(47)55/h1-38H. The molecular formula is C63H38N2O2S. The van der Waals surface area contributed by atoms with Crippen molar-refractivity contribution in [3.8, 4) is 21.6 Å². The van der Waals surface area contributed by atoms with Gasteiger partial charge in [0.2, 0.25) is 0 Å². The number of rotatable bonds is 6. The van der Waals surface area contributed by atoms with Crippen molar-refractivity contribution in [1.29, 1.82) is 0 Å². The molecule has 0 amide bonds. The number of benzene rings is 10. The lowest BCUT2D eigenvalue weighted by Gasteiger charge is -2.32. The first-order chi connectivity index (χ1) is 33.7. The Kier molecular flexibility index (Phi) is 7.83. The van der Waals surface area contributed by atoms with E-state index >= 15 is 0 Å². The molecule has 15 rings (SSSR count). The fraction of sp³-hybridized carbons (Fsp3) is 0.0159. The third kappa shape index (κ3) is 5.08. The summed E-state index contributed by atoms with van der Waals surface area (Å²) < 4.78 is 14.7. The van der Waals surface area contributed by atoms with Crippen molar-refractivity contribution >= 4 is 99.4 Å². The molecular weight excluding hydrogens is 849 g/mol. The molecule has 318 valence electrons. The van der Waals surface area contributed by atoms with Crippen LogP contribution in [0.15, 0.2) is 239 Å². The molecule has 4 nitrogen and oxygen atoms in total. The molecule has 3 heterocycles. The summed E-state index contributed by atoms with van der Waals surface area (Å²) in [6.45, 7) is 0. The molecule has 0 saturated heterocycles. The Morgan fingerprint density at radius 2 is 0.809 bits per heavy atom. The Morgan fingerprint density at radius 1 is 0.338 bits per heavy atom. The molecule has 13 aromatic rings. The van der Waals surface area contributed by atoms with E-state index in [2.05, 4.69) is 228 Å². The number of thiophene rings is 1. The second-order valence-electron chi connectivity index (χ2n) is 17.9. The minimum Gasteiger partial charge on any atom is -0.454 e. The molecule has 0 fully saturated rings. The summed E-state index contributed by atoms with van der Waals surface area (Å²) in [5.74, 6) is 0. The predicted octanol–water partition coefficient (Wildman–Crippen LogP) is 18.0. The topological polar surface area (TPSA) is 32.8 Å². The van der Waals surface area contributed by atoms with Gasteiger partial charge >= 0.3 is 0 Å². The normalized spacial score (nSPS) is 14.5. The van der Waals surface area contributed by atoms with Gasteiger partial charge in [0, 0.05) is 53.9 Å². The quantitative estimate of drug-likeness (QED) is 0.167. The van der Waals surface area contributed by atoms with Gasteiger partial charge in [-0.05, 0) is 123 Å². The van der Waals surface area contributed by atoms with E-state index in [0.717, 1.165) is 78.0 Å². The molecule has 68 heavy (non-hydrogen) atoms. The third-order valence-corrected chi connectivity index (χ3v) is 15.6. The van der Waals surface area contributed by atoms with Crippen LogP contribution < -0.4 is 9.80 Å². The van der Waals surface area contributed by atoms with Crippen molar-refractivity contribution in [2.24, 2.45) is 0 Å². The van der Waals surface area contributed by atoms with E-state index in [1.165, 1.54) is 53.9 Å². The van der Waals surface area contributed by atoms with Gasteiger partial charge < -0.3 is 18.6 Å². The Balaban J connectivity index is 0.972. The van der Waals surface area contributed by atoms with Crippen molar-refractivity contribution in [2.45, 2.75) is 5.41 Å². The van der Waals surface area contributed by atoms with E-state index < -0.39 is 5.41 Å². The van der Waals surface area contributed by atoms with Crippen LogP contribution in [0.2, 0.25) is 0 Å². The lowest BCUT2D eigenvalue weighted by molar-refractivity contribution is 0.668. The smallest absolute Gasteiger partial charge is 0.159 e. The number of hydrogen-bond acceptors (Lipinski definition) is 5. The highest BCUT2D eigenvalue weighted by Crippen LogP contribution is 2.67. The number of nitrogens with zero attached hydrogens (tertiary/aromatic N) is 2. The highest BCUT2D eigenvalue weighted by Gasteiger charge is 2.53. The van der Waals surface area contributed by atoms with Crippen molar-refractivity contribution in [3.05, 3.63) is 253 Å². The Labute approximate surface area is 395 Å². The van der Waals surface area contributed by atoms with Gasteiger partial charge in [-0.25, -0.2) is 0 Å². The van der Waals surface area contributed by atoms with Crippen molar-refractivity contribution in [1.82, 2.24) is 0 Å². The summed E-state index contributed by atoms with van der Waals surface area (Å²) >= 11 is 1.91. The maximum absolute atomic E-state index is 6.72. The fourth-order valence-electron chi connectivity index (χ4n) is 11.7. The molecule has 0 radical (unpaired) electrons. The van der Waals surface area contributed by atoms with Crippen LogP contribution in [0.4, 0.5) is 34.1 Å². The molecule has 2 aliphatic carbocycles. The maximum Gasteiger partial charge on any atom is 0.159 e. The fourth-order valence-corrected chi connectivity index (χ4v) is 13.0. The van der Waals surface area contributed by atoms with Gasteiger partial charge in [0.25, 0.3) is 0 Å². The first-order valence-corrected chi connectivity index (χ1v) is 24.0. The minimum atomic E-state index is -0.556. The zero-order chi connectivity index (χ0) is 44.5. The molecule has 2 aliphatic rings. The van der Waals surface area contributed by atoms with Crippen LogP contribution >= 0.6 is 11.3 Å². The van der Waals surface area contributed by atoms with Crippen molar-refractivity contribution in [2.75, 3.05) is 9.80 Å². The number of fused-ring (bicyclic) bond motifs is 18. The summed E-state index contributed by atoms with van der Waals surface area (Å²) in [4.78, 5) is 6.04. The van der Waals surface area contributed by atoms with E-state index in [1.807, 2.05) is 23.5 Å². The Morgan fingerprint density at radius 3 is 1.43 bits per heavy atom. The zero-order valence-electron chi connectivity index (χ0n) is 36.6. The average Bonchev–Trinajstić information content (AvgIpc) is 4.20. The second-order valence-corrected chi connectivity index (χ2v) is 19.0. The summed E-state index contributed by atoms with van der Waals surface area (Å²) in [6, 6.07) is 83.5. The van der Waals surface area contributed by atoms with E-state index in [-0.39, 0.29) is 0 Å². The summed E-state index contributed by atoms with van der Waals surface area (Å²) in [5.41, 5.74) is 18.2. The highest BCUT2D eigenvalue weighted by molar-refractivity contribution is 7.22. The summed E-state index contributed by atoms with van der Waals surface area (Å²) in [7, 11) is 0. The number of para-hydroxylation sites is 6. The van der Waals surface area contributed by atoms with Crippen molar-refractivity contribution < 1.29 is 8.83 Å². The molecule has 5 heteroatoms. The molecule has 1 atom stereocenters. The SMILES string of the molecule is c1ccc(N(c2ccc3c(c2)-c2ccccc2C32c3ccc(N(c4ccccc4)c4cccc5c4oc4ccccc45)cc3-c3sc4ccccc4c32)c2cccc3c2oc2ccccc23)cc1. The number of furan rings is 2. The van der Waals surface area contributed by atoms with Crippen LogP contribution in [-0.4, -0.2) is 0 Å². The van der Waals surface area contributed by atoms with Gasteiger partial charge in [-0.15, -0.1) is 11.3 Å². The highest BCUT2D eigenvalue weighted by atomic mass is 32.1. The number of hydrogen-bond donors (Lipinski definition) is 0. The van der Waals surface area contributed by atoms with E-state index in [0.29, 0.717) is 0 Å². The van der Waals surface area contributed by atoms with Crippen LogP contribution in [0, 0.1) is 0 Å². The Bertz CT molecular complexity index is 4180. The van der Waals surface area contributed by atoms with Crippen LogP contribution in [0.5, 0.6) is 0 Å². The van der Waals surface area contributed by atoms with Gasteiger partial charge in [-0.1, -0.05) is 152 Å². The van der Waals surface area contributed by atoms with E-state index in [1.54, 1.807) is 0 Å². The van der Waals surface area contributed by atoms with Gasteiger partial charge in [0.1, 0.15) is 11.2 Å². The zero-order valence-corrected chi connectivity index (χ0v) is 37.4. The molecule has 0 aliphatic heterocycles. The van der Waals surface area contributed by atoms with Gasteiger partial charge in [0.15, 0.2) is 11.2 Å². The average molecular weight is 887 g/mol. The molecule has 0 bridgehead atoms. The lowest BCUT2D eigenvalue weighted by Crippen LogP contribution is -2.26. The van der Waals surface area contributed by atoms with Gasteiger partial charge in [0.05, 0.1) is 16.8 Å². The first-order valence-electron chi connectivity index (χ1n) is 23.2. The third-order valence-electron chi connectivity index (χ3n) is 14.4. The molecule has 1 unspecified atom stereocenters. The second kappa shape index (κ2) is 14.2. The monoisotopic (exact) mass is 886 g/mol. The van der Waals surface area contributed by atoms with Crippen molar-refractivity contribution in [3.63, 3.8) is 0 Å². The van der Waals surface area contributed by atoms with Gasteiger partial charge in [-0.2, -0.15) is 0 Å². The molecule has 0 N–H and O–H groups in total. The minimum absolute atomic E-state index is 0.556. The molecule has 10 aromatic carbocycles. The molecule has 1 spiro atoms. The first kappa shape index (κ1) is 37.6. The summed E-state index contributed by atoms with van der Waals surface area (Å²) in [6.07, 6.45) is 0. The number of anilines is 6. The Hall–Kier alpha value is -8.64. The van der Waals surface area contributed by atoms with Gasteiger partial charge in [-0.3, -0.25) is 0 Å². The summed E-state index contributed by atoms with van der Waals surface area (Å²) in [5, 5.41) is 5.73. The molecule has 0 saturated carbocycles. The maximum atomic E-state index is 6.72. The predicted molar refractivity (Wildman–Crippen MR) is 282 cm³/mol. The largest absolute Gasteiger partial charge is 0.454 e.